The first-order valence-corrected chi connectivity index (χ1v) is 6.41. The van der Waals surface area contributed by atoms with Crippen molar-refractivity contribution in [1.82, 2.24) is 0 Å². The van der Waals surface area contributed by atoms with Crippen molar-refractivity contribution in [3.63, 3.8) is 0 Å². The van der Waals surface area contributed by atoms with Gasteiger partial charge in [0.15, 0.2) is 0 Å². The van der Waals surface area contributed by atoms with E-state index in [9.17, 15) is 13.6 Å². The highest BCUT2D eigenvalue weighted by Gasteiger charge is 2.13. The first kappa shape index (κ1) is 14.8. The molecule has 2 aromatic rings. The van der Waals surface area contributed by atoms with Gasteiger partial charge in [-0.2, -0.15) is 0 Å². The van der Waals surface area contributed by atoms with Gasteiger partial charge in [-0.3, -0.25) is 4.79 Å². The minimum absolute atomic E-state index is 0.0976. The molecule has 0 unspecified atom stereocenters. The number of anilines is 1. The molecule has 0 radical (unpaired) electrons. The molecule has 0 aliphatic carbocycles. The van der Waals surface area contributed by atoms with E-state index in [0.29, 0.717) is 21.7 Å². The number of hydrogen-bond donors (Lipinski definition) is 1. The first-order valence-electron chi connectivity index (χ1n) is 5.65. The second kappa shape index (κ2) is 6.20. The maximum atomic E-state index is 13.4. The van der Waals surface area contributed by atoms with Crippen LogP contribution in [0.15, 0.2) is 36.4 Å². The molecule has 6 heteroatoms. The lowest BCUT2D eigenvalue weighted by Crippen LogP contribution is -2.16. The summed E-state index contributed by atoms with van der Waals surface area (Å²) in [6, 6.07) is 7.77. The molecule has 2 aromatic carbocycles. The van der Waals surface area contributed by atoms with Gasteiger partial charge < -0.3 is 5.32 Å². The Labute approximate surface area is 124 Å². The third kappa shape index (κ3) is 3.46. The maximum Gasteiger partial charge on any atom is 0.228 e. The Morgan fingerprint density at radius 3 is 2.35 bits per heavy atom. The number of rotatable bonds is 3. The molecule has 0 saturated carbocycles. The molecule has 0 aromatic heterocycles. The molecular weight excluding hydrogens is 307 g/mol. The lowest BCUT2D eigenvalue weighted by Gasteiger charge is -2.09. The summed E-state index contributed by atoms with van der Waals surface area (Å²) in [5, 5.41) is 3.05. The monoisotopic (exact) mass is 315 g/mol. The van der Waals surface area contributed by atoms with Gasteiger partial charge in [0.25, 0.3) is 0 Å². The van der Waals surface area contributed by atoms with E-state index in [0.717, 1.165) is 12.1 Å². The SMILES string of the molecule is O=C(Cc1c(Cl)cccc1Cl)Nc1ccc(F)cc1F. The Morgan fingerprint density at radius 2 is 1.75 bits per heavy atom. The lowest BCUT2D eigenvalue weighted by atomic mass is 10.1. The van der Waals surface area contributed by atoms with Gasteiger partial charge in [0.05, 0.1) is 12.1 Å². The van der Waals surface area contributed by atoms with Gasteiger partial charge in [-0.05, 0) is 29.8 Å². The largest absolute Gasteiger partial charge is 0.323 e. The van der Waals surface area contributed by atoms with Crippen molar-refractivity contribution in [3.8, 4) is 0 Å². The summed E-state index contributed by atoms with van der Waals surface area (Å²) in [6.07, 6.45) is -0.102. The Morgan fingerprint density at radius 1 is 1.10 bits per heavy atom. The normalized spacial score (nSPS) is 10.4. The third-order valence-electron chi connectivity index (χ3n) is 2.60. The van der Waals surface area contributed by atoms with Crippen molar-refractivity contribution < 1.29 is 13.6 Å². The molecule has 0 bridgehead atoms. The van der Waals surface area contributed by atoms with Crippen LogP contribution in [0.25, 0.3) is 0 Å². The zero-order chi connectivity index (χ0) is 14.7. The summed E-state index contributed by atoms with van der Waals surface area (Å²) < 4.78 is 26.2. The first-order chi connectivity index (χ1) is 9.47. The summed E-state index contributed by atoms with van der Waals surface area (Å²) in [4.78, 5) is 11.8. The minimum Gasteiger partial charge on any atom is -0.323 e. The third-order valence-corrected chi connectivity index (χ3v) is 3.31. The molecule has 104 valence electrons. The summed E-state index contributed by atoms with van der Waals surface area (Å²) in [5.74, 6) is -2.05. The fourth-order valence-electron chi connectivity index (χ4n) is 1.65. The van der Waals surface area contributed by atoms with Crippen LogP contribution in [-0.2, 0) is 11.2 Å². The van der Waals surface area contributed by atoms with Gasteiger partial charge in [0, 0.05) is 16.1 Å². The second-order valence-electron chi connectivity index (χ2n) is 4.05. The number of carbonyl (C=O) groups excluding carboxylic acids is 1. The quantitative estimate of drug-likeness (QED) is 0.890. The van der Waals surface area contributed by atoms with Crippen molar-refractivity contribution in [1.29, 1.82) is 0 Å². The highest BCUT2D eigenvalue weighted by molar-refractivity contribution is 6.36. The summed E-state index contributed by atoms with van der Waals surface area (Å²) in [7, 11) is 0. The molecule has 0 fully saturated rings. The van der Waals surface area contributed by atoms with E-state index in [1.807, 2.05) is 0 Å². The van der Waals surface area contributed by atoms with Crippen molar-refractivity contribution in [2.24, 2.45) is 0 Å². The number of amides is 1. The van der Waals surface area contributed by atoms with Gasteiger partial charge in [-0.25, -0.2) is 8.78 Å². The van der Waals surface area contributed by atoms with Crippen LogP contribution < -0.4 is 5.32 Å². The van der Waals surface area contributed by atoms with Crippen LogP contribution in [0.2, 0.25) is 10.0 Å². The van der Waals surface area contributed by atoms with E-state index in [4.69, 9.17) is 23.2 Å². The van der Waals surface area contributed by atoms with E-state index in [2.05, 4.69) is 5.32 Å². The minimum atomic E-state index is -0.844. The number of hydrogen-bond acceptors (Lipinski definition) is 1. The molecule has 0 spiro atoms. The molecule has 0 aliphatic heterocycles. The molecule has 1 N–H and O–H groups in total. The van der Waals surface area contributed by atoms with Crippen LogP contribution in [0.5, 0.6) is 0 Å². The van der Waals surface area contributed by atoms with Crippen LogP contribution in [0.1, 0.15) is 5.56 Å². The Hall–Kier alpha value is -1.65. The Bertz CT molecular complexity index is 641. The standard InChI is InChI=1S/C14H9Cl2F2NO/c15-10-2-1-3-11(16)9(10)7-14(20)19-13-5-4-8(17)6-12(13)18/h1-6H,7H2,(H,19,20). The van der Waals surface area contributed by atoms with E-state index in [-0.39, 0.29) is 12.1 Å². The number of nitrogens with one attached hydrogen (secondary N) is 1. The van der Waals surface area contributed by atoms with E-state index in [1.54, 1.807) is 18.2 Å². The van der Waals surface area contributed by atoms with Gasteiger partial charge in [0.2, 0.25) is 5.91 Å². The van der Waals surface area contributed by atoms with Gasteiger partial charge in [-0.15, -0.1) is 0 Å². The lowest BCUT2D eigenvalue weighted by molar-refractivity contribution is -0.115. The van der Waals surface area contributed by atoms with Crippen LogP contribution in [-0.4, -0.2) is 5.91 Å². The van der Waals surface area contributed by atoms with E-state index < -0.39 is 17.5 Å². The number of benzene rings is 2. The molecule has 2 nitrogen and oxygen atoms in total. The Kier molecular flexibility index (Phi) is 4.57. The second-order valence-corrected chi connectivity index (χ2v) is 4.86. The molecule has 0 aliphatic rings. The molecule has 1 amide bonds. The molecule has 0 saturated heterocycles. The average molecular weight is 316 g/mol. The molecule has 20 heavy (non-hydrogen) atoms. The molecule has 0 atom stereocenters. The Balaban J connectivity index is 2.13. The molecule has 0 heterocycles. The van der Waals surface area contributed by atoms with Gasteiger partial charge in [0.1, 0.15) is 11.6 Å². The van der Waals surface area contributed by atoms with Gasteiger partial charge >= 0.3 is 0 Å². The van der Waals surface area contributed by atoms with Crippen molar-refractivity contribution >= 4 is 34.8 Å². The van der Waals surface area contributed by atoms with Crippen LogP contribution >= 0.6 is 23.2 Å². The predicted molar refractivity (Wildman–Crippen MR) is 75.2 cm³/mol. The van der Waals surface area contributed by atoms with Crippen molar-refractivity contribution in [3.05, 3.63) is 63.6 Å². The molecular formula is C14H9Cl2F2NO. The highest BCUT2D eigenvalue weighted by atomic mass is 35.5. The maximum absolute atomic E-state index is 13.4. The number of halogens is 4. The zero-order valence-electron chi connectivity index (χ0n) is 10.1. The fraction of sp³-hybridized carbons (Fsp3) is 0.0714. The van der Waals surface area contributed by atoms with Crippen molar-refractivity contribution in [2.75, 3.05) is 5.32 Å². The highest BCUT2D eigenvalue weighted by Crippen LogP contribution is 2.25. The summed E-state index contributed by atoms with van der Waals surface area (Å²) in [6.45, 7) is 0. The smallest absolute Gasteiger partial charge is 0.228 e. The topological polar surface area (TPSA) is 29.1 Å². The summed E-state index contributed by atoms with van der Waals surface area (Å²) in [5.41, 5.74) is 0.357. The molecule has 2 rings (SSSR count). The van der Waals surface area contributed by atoms with E-state index in [1.165, 1.54) is 0 Å². The van der Waals surface area contributed by atoms with Crippen LogP contribution in [0, 0.1) is 11.6 Å². The van der Waals surface area contributed by atoms with Crippen molar-refractivity contribution in [2.45, 2.75) is 6.42 Å². The average Bonchev–Trinajstić information content (AvgIpc) is 2.37. The fourth-order valence-corrected chi connectivity index (χ4v) is 2.18. The summed E-state index contributed by atoms with van der Waals surface area (Å²) >= 11 is 11.9. The van der Waals surface area contributed by atoms with E-state index >= 15 is 0 Å². The van der Waals surface area contributed by atoms with Crippen LogP contribution in [0.3, 0.4) is 0 Å². The number of carbonyl (C=O) groups is 1. The van der Waals surface area contributed by atoms with Crippen LogP contribution in [0.4, 0.5) is 14.5 Å². The van der Waals surface area contributed by atoms with Gasteiger partial charge in [-0.1, -0.05) is 29.3 Å². The zero-order valence-corrected chi connectivity index (χ0v) is 11.6. The predicted octanol–water partition coefficient (Wildman–Crippen LogP) is 4.45.